The minimum atomic E-state index is -0.383. The van der Waals surface area contributed by atoms with E-state index in [1.807, 2.05) is 27.7 Å². The summed E-state index contributed by atoms with van der Waals surface area (Å²) in [5.74, 6) is -1.19. The van der Waals surface area contributed by atoms with Crippen LogP contribution >= 0.6 is 0 Å². The molecule has 134 valence electrons. The molecule has 0 unspecified atom stereocenters. The maximum Gasteiger partial charge on any atom is 0.231 e. The van der Waals surface area contributed by atoms with Crippen LogP contribution in [-0.4, -0.2) is 23.4 Å². The Morgan fingerprint density at radius 1 is 0.667 bits per heavy atom. The summed E-state index contributed by atoms with van der Waals surface area (Å²) in [7, 11) is 0. The monoisotopic (exact) mass is 336 g/mol. The summed E-state index contributed by atoms with van der Waals surface area (Å²) in [5, 5.41) is 5.12. The van der Waals surface area contributed by atoms with E-state index >= 15 is 0 Å². The van der Waals surface area contributed by atoms with Crippen LogP contribution in [0.2, 0.25) is 0 Å². The smallest absolute Gasteiger partial charge is 0.231 e. The molecule has 0 aliphatic rings. The third-order valence-corrected chi connectivity index (χ3v) is 2.27. The minimum absolute atomic E-state index is 0.170. The van der Waals surface area contributed by atoms with Crippen LogP contribution in [0.25, 0.3) is 0 Å². The molecular formula is C18H28N2O4. The first-order valence-electron chi connectivity index (χ1n) is 8.05. The van der Waals surface area contributed by atoms with E-state index in [0.717, 1.165) is 0 Å². The highest BCUT2D eigenvalue weighted by Gasteiger charge is 2.07. The zero-order valence-corrected chi connectivity index (χ0v) is 15.4. The number of benzene rings is 1. The SMILES string of the molecule is CC.CC.CC(=O)CC(=O)Nc1ccc(NC(=O)CC(C)=O)cc1. The fourth-order valence-electron chi connectivity index (χ4n) is 1.50. The van der Waals surface area contributed by atoms with E-state index in [4.69, 9.17) is 0 Å². The van der Waals surface area contributed by atoms with Crippen LogP contribution in [-0.2, 0) is 19.2 Å². The predicted octanol–water partition coefficient (Wildman–Crippen LogP) is 3.57. The number of rotatable bonds is 6. The molecule has 0 aliphatic carbocycles. The summed E-state index contributed by atoms with van der Waals surface area (Å²) in [5.41, 5.74) is 1.06. The van der Waals surface area contributed by atoms with Gasteiger partial charge in [0.05, 0.1) is 12.8 Å². The lowest BCUT2D eigenvalue weighted by atomic mass is 10.2. The van der Waals surface area contributed by atoms with Crippen molar-refractivity contribution in [1.29, 1.82) is 0 Å². The van der Waals surface area contributed by atoms with Gasteiger partial charge in [0.2, 0.25) is 11.8 Å². The second kappa shape index (κ2) is 14.1. The Labute approximate surface area is 144 Å². The number of carbonyl (C=O) groups is 4. The predicted molar refractivity (Wildman–Crippen MR) is 97.0 cm³/mol. The molecule has 1 aromatic rings. The number of Topliss-reactive ketones (excluding diaryl/α,β-unsaturated/α-hetero) is 2. The molecule has 1 rings (SSSR count). The van der Waals surface area contributed by atoms with E-state index in [9.17, 15) is 19.2 Å². The largest absolute Gasteiger partial charge is 0.326 e. The molecule has 0 saturated carbocycles. The van der Waals surface area contributed by atoms with Gasteiger partial charge in [0.15, 0.2) is 0 Å². The molecule has 2 N–H and O–H groups in total. The molecule has 24 heavy (non-hydrogen) atoms. The summed E-state index contributed by atoms with van der Waals surface area (Å²) in [6.07, 6.45) is -0.339. The lowest BCUT2D eigenvalue weighted by molar-refractivity contribution is -0.125. The first kappa shape index (κ1) is 23.8. The number of ketones is 2. The van der Waals surface area contributed by atoms with Gasteiger partial charge in [0.1, 0.15) is 11.6 Å². The summed E-state index contributed by atoms with van der Waals surface area (Å²) in [6.45, 7) is 10.7. The Morgan fingerprint density at radius 2 is 0.917 bits per heavy atom. The second-order valence-electron chi connectivity index (χ2n) is 4.43. The fraction of sp³-hybridized carbons (Fsp3) is 0.444. The molecule has 0 fully saturated rings. The summed E-state index contributed by atoms with van der Waals surface area (Å²) in [6, 6.07) is 6.39. The van der Waals surface area contributed by atoms with E-state index < -0.39 is 0 Å². The van der Waals surface area contributed by atoms with Crippen LogP contribution in [0, 0.1) is 0 Å². The summed E-state index contributed by atoms with van der Waals surface area (Å²) < 4.78 is 0. The highest BCUT2D eigenvalue weighted by atomic mass is 16.2. The third-order valence-electron chi connectivity index (χ3n) is 2.27. The molecule has 1 aromatic carbocycles. The molecule has 0 radical (unpaired) electrons. The van der Waals surface area contributed by atoms with Gasteiger partial charge in [-0.3, -0.25) is 19.2 Å². The molecule has 0 heterocycles. The lowest BCUT2D eigenvalue weighted by Gasteiger charge is -2.07. The fourth-order valence-corrected chi connectivity index (χ4v) is 1.50. The van der Waals surface area contributed by atoms with E-state index in [0.29, 0.717) is 11.4 Å². The van der Waals surface area contributed by atoms with E-state index in [-0.39, 0.29) is 36.2 Å². The van der Waals surface area contributed by atoms with Crippen molar-refractivity contribution in [2.45, 2.75) is 54.4 Å². The van der Waals surface area contributed by atoms with Crippen molar-refractivity contribution >= 4 is 34.8 Å². The van der Waals surface area contributed by atoms with Crippen molar-refractivity contribution in [3.05, 3.63) is 24.3 Å². The van der Waals surface area contributed by atoms with Gasteiger partial charge in [-0.2, -0.15) is 0 Å². The minimum Gasteiger partial charge on any atom is -0.326 e. The van der Waals surface area contributed by atoms with E-state index in [1.54, 1.807) is 24.3 Å². The maximum atomic E-state index is 11.4. The molecular weight excluding hydrogens is 308 g/mol. The number of carbonyl (C=O) groups excluding carboxylic acids is 4. The van der Waals surface area contributed by atoms with Gasteiger partial charge in [-0.15, -0.1) is 0 Å². The Hall–Kier alpha value is -2.50. The molecule has 0 saturated heterocycles. The molecule has 2 amide bonds. The van der Waals surface area contributed by atoms with Crippen LogP contribution in [0.1, 0.15) is 54.4 Å². The standard InChI is InChI=1S/C14H16N2O4.2C2H6/c1-9(17)7-13(19)15-11-3-5-12(6-4-11)16-14(20)8-10(2)18;2*1-2/h3-6H,7-8H2,1-2H3,(H,15,19)(H,16,20);2*1-2H3. The van der Waals surface area contributed by atoms with Crippen molar-refractivity contribution in [2.24, 2.45) is 0 Å². The van der Waals surface area contributed by atoms with Crippen LogP contribution < -0.4 is 10.6 Å². The summed E-state index contributed by atoms with van der Waals surface area (Å²) in [4.78, 5) is 44.3. The van der Waals surface area contributed by atoms with Crippen LogP contribution in [0.5, 0.6) is 0 Å². The normalized spacial score (nSPS) is 8.58. The average molecular weight is 336 g/mol. The number of hydrogen-bond acceptors (Lipinski definition) is 4. The van der Waals surface area contributed by atoms with Crippen molar-refractivity contribution in [3.63, 3.8) is 0 Å². The van der Waals surface area contributed by atoms with Crippen molar-refractivity contribution in [2.75, 3.05) is 10.6 Å². The van der Waals surface area contributed by atoms with Gasteiger partial charge in [-0.05, 0) is 38.1 Å². The Kier molecular flexibility index (Phi) is 14.0. The second-order valence-corrected chi connectivity index (χ2v) is 4.43. The lowest BCUT2D eigenvalue weighted by Crippen LogP contribution is -2.16. The molecule has 0 aliphatic heterocycles. The first-order chi connectivity index (χ1) is 11.4. The third kappa shape index (κ3) is 12.1. The maximum absolute atomic E-state index is 11.4. The van der Waals surface area contributed by atoms with Gasteiger partial charge >= 0.3 is 0 Å². The van der Waals surface area contributed by atoms with Crippen LogP contribution in [0.3, 0.4) is 0 Å². The number of hydrogen-bond donors (Lipinski definition) is 2. The molecule has 0 spiro atoms. The zero-order chi connectivity index (χ0) is 19.1. The molecule has 6 nitrogen and oxygen atoms in total. The molecule has 0 aromatic heterocycles. The van der Waals surface area contributed by atoms with Gasteiger partial charge in [-0.25, -0.2) is 0 Å². The molecule has 6 heteroatoms. The average Bonchev–Trinajstić information content (AvgIpc) is 2.51. The molecule has 0 bridgehead atoms. The quantitative estimate of drug-likeness (QED) is 0.777. The number of amides is 2. The number of nitrogens with one attached hydrogen (secondary N) is 2. The van der Waals surface area contributed by atoms with Gasteiger partial charge in [0, 0.05) is 11.4 Å². The van der Waals surface area contributed by atoms with Crippen molar-refractivity contribution in [1.82, 2.24) is 0 Å². The summed E-state index contributed by atoms with van der Waals surface area (Å²) >= 11 is 0. The molecule has 0 atom stereocenters. The van der Waals surface area contributed by atoms with Gasteiger partial charge in [-0.1, -0.05) is 27.7 Å². The van der Waals surface area contributed by atoms with Crippen molar-refractivity contribution in [3.8, 4) is 0 Å². The first-order valence-corrected chi connectivity index (χ1v) is 8.05. The van der Waals surface area contributed by atoms with Crippen LogP contribution in [0.4, 0.5) is 11.4 Å². The number of anilines is 2. The topological polar surface area (TPSA) is 92.3 Å². The van der Waals surface area contributed by atoms with Gasteiger partial charge < -0.3 is 10.6 Å². The Balaban J connectivity index is 0. The Bertz CT molecular complexity index is 487. The van der Waals surface area contributed by atoms with E-state index in [2.05, 4.69) is 10.6 Å². The zero-order valence-electron chi connectivity index (χ0n) is 15.4. The Morgan fingerprint density at radius 3 is 1.12 bits per heavy atom. The van der Waals surface area contributed by atoms with E-state index in [1.165, 1.54) is 13.8 Å². The highest BCUT2D eigenvalue weighted by Crippen LogP contribution is 2.14. The highest BCUT2D eigenvalue weighted by molar-refractivity contribution is 6.04. The van der Waals surface area contributed by atoms with Gasteiger partial charge in [0.25, 0.3) is 0 Å². The van der Waals surface area contributed by atoms with Crippen molar-refractivity contribution < 1.29 is 19.2 Å². The van der Waals surface area contributed by atoms with Crippen LogP contribution in [0.15, 0.2) is 24.3 Å².